The van der Waals surface area contributed by atoms with Crippen molar-refractivity contribution in [3.8, 4) is 0 Å². The number of hydrogen-bond acceptors (Lipinski definition) is 4. The highest BCUT2D eigenvalue weighted by Crippen LogP contribution is 2.13. The molecule has 0 saturated carbocycles. The van der Waals surface area contributed by atoms with Crippen LogP contribution in [-0.2, 0) is 0 Å². The SMILES string of the molecule is Cc1ccoc1C(=O)N1CCN(C[C@H](C)O)CC1. The van der Waals surface area contributed by atoms with Crippen molar-refractivity contribution in [2.75, 3.05) is 32.7 Å². The van der Waals surface area contributed by atoms with Gasteiger partial charge in [-0.25, -0.2) is 0 Å². The Morgan fingerprint density at radius 1 is 1.44 bits per heavy atom. The van der Waals surface area contributed by atoms with Gasteiger partial charge in [-0.1, -0.05) is 0 Å². The lowest BCUT2D eigenvalue weighted by Gasteiger charge is -2.34. The Kier molecular flexibility index (Phi) is 4.04. The number of carbonyl (C=O) groups is 1. The van der Waals surface area contributed by atoms with Crippen molar-refractivity contribution in [3.63, 3.8) is 0 Å². The predicted octanol–water partition coefficient (Wildman–Crippen LogP) is 0.727. The number of β-amino-alcohol motifs (C(OH)–C–C–N with tert-alkyl or cyclic N) is 1. The molecule has 2 heterocycles. The highest BCUT2D eigenvalue weighted by molar-refractivity contribution is 5.92. The summed E-state index contributed by atoms with van der Waals surface area (Å²) in [6.07, 6.45) is 1.23. The standard InChI is InChI=1S/C13H20N2O3/c1-10-3-8-18-12(10)13(17)15-6-4-14(5-7-15)9-11(2)16/h3,8,11,16H,4-7,9H2,1-2H3/t11-/m0/s1. The van der Waals surface area contributed by atoms with Crippen molar-refractivity contribution in [2.45, 2.75) is 20.0 Å². The molecule has 100 valence electrons. The molecule has 0 aromatic carbocycles. The van der Waals surface area contributed by atoms with E-state index in [2.05, 4.69) is 4.90 Å². The average molecular weight is 252 g/mol. The number of carbonyl (C=O) groups excluding carboxylic acids is 1. The third-order valence-electron chi connectivity index (χ3n) is 3.24. The molecule has 0 spiro atoms. The summed E-state index contributed by atoms with van der Waals surface area (Å²) < 4.78 is 5.23. The van der Waals surface area contributed by atoms with Gasteiger partial charge in [0.25, 0.3) is 5.91 Å². The van der Waals surface area contributed by atoms with Crippen LogP contribution in [0.1, 0.15) is 23.0 Å². The number of rotatable bonds is 3. The number of furan rings is 1. The second kappa shape index (κ2) is 5.54. The van der Waals surface area contributed by atoms with Gasteiger partial charge in [0.1, 0.15) is 0 Å². The summed E-state index contributed by atoms with van der Waals surface area (Å²) in [6, 6.07) is 1.80. The number of amides is 1. The molecule has 1 saturated heterocycles. The fourth-order valence-electron chi connectivity index (χ4n) is 2.24. The van der Waals surface area contributed by atoms with Gasteiger partial charge < -0.3 is 14.4 Å². The molecule has 1 aromatic rings. The number of aliphatic hydroxyl groups excluding tert-OH is 1. The Balaban J connectivity index is 1.90. The summed E-state index contributed by atoms with van der Waals surface area (Å²) in [4.78, 5) is 16.2. The van der Waals surface area contributed by atoms with Crippen LogP contribution in [0.5, 0.6) is 0 Å². The zero-order valence-electron chi connectivity index (χ0n) is 10.9. The summed E-state index contributed by atoms with van der Waals surface area (Å²) in [6.45, 7) is 7.30. The molecule has 1 atom stereocenters. The van der Waals surface area contributed by atoms with E-state index in [0.29, 0.717) is 25.4 Å². The number of nitrogens with zero attached hydrogens (tertiary/aromatic N) is 2. The second-order valence-corrected chi connectivity index (χ2v) is 4.87. The summed E-state index contributed by atoms with van der Waals surface area (Å²) in [5, 5.41) is 9.33. The van der Waals surface area contributed by atoms with Crippen LogP contribution < -0.4 is 0 Å². The van der Waals surface area contributed by atoms with Crippen molar-refractivity contribution in [3.05, 3.63) is 23.7 Å². The first-order valence-electron chi connectivity index (χ1n) is 6.31. The third kappa shape index (κ3) is 2.91. The molecule has 5 heteroatoms. The molecule has 1 N–H and O–H groups in total. The van der Waals surface area contributed by atoms with Crippen molar-refractivity contribution in [1.29, 1.82) is 0 Å². The molecule has 0 radical (unpaired) electrons. The minimum atomic E-state index is -0.320. The Morgan fingerprint density at radius 3 is 2.61 bits per heavy atom. The molecule has 5 nitrogen and oxygen atoms in total. The maximum atomic E-state index is 12.2. The summed E-state index contributed by atoms with van der Waals surface area (Å²) in [5.74, 6) is 0.410. The number of hydrogen-bond donors (Lipinski definition) is 1. The van der Waals surface area contributed by atoms with Crippen LogP contribution in [0, 0.1) is 6.92 Å². The van der Waals surface area contributed by atoms with Gasteiger partial charge in [0.15, 0.2) is 5.76 Å². The van der Waals surface area contributed by atoms with E-state index in [-0.39, 0.29) is 12.0 Å². The molecule has 2 rings (SSSR count). The van der Waals surface area contributed by atoms with Crippen LogP contribution in [0.2, 0.25) is 0 Å². The number of aliphatic hydroxyl groups is 1. The molecule has 1 aliphatic rings. The third-order valence-corrected chi connectivity index (χ3v) is 3.24. The highest BCUT2D eigenvalue weighted by Gasteiger charge is 2.25. The quantitative estimate of drug-likeness (QED) is 0.861. The normalized spacial score (nSPS) is 18.9. The minimum absolute atomic E-state index is 0.0332. The second-order valence-electron chi connectivity index (χ2n) is 4.87. The molecule has 0 unspecified atom stereocenters. The van der Waals surface area contributed by atoms with E-state index in [0.717, 1.165) is 18.7 Å². The van der Waals surface area contributed by atoms with E-state index in [1.54, 1.807) is 19.3 Å². The van der Waals surface area contributed by atoms with Gasteiger partial charge in [-0.3, -0.25) is 9.69 Å². The molecular formula is C13H20N2O3. The Morgan fingerprint density at radius 2 is 2.11 bits per heavy atom. The lowest BCUT2D eigenvalue weighted by Crippen LogP contribution is -2.50. The summed E-state index contributed by atoms with van der Waals surface area (Å²) >= 11 is 0. The lowest BCUT2D eigenvalue weighted by atomic mass is 10.2. The van der Waals surface area contributed by atoms with Crippen molar-refractivity contribution >= 4 is 5.91 Å². The fourth-order valence-corrected chi connectivity index (χ4v) is 2.24. The van der Waals surface area contributed by atoms with Gasteiger partial charge in [0.2, 0.25) is 0 Å². The lowest BCUT2D eigenvalue weighted by molar-refractivity contribution is 0.0527. The van der Waals surface area contributed by atoms with Gasteiger partial charge in [-0.2, -0.15) is 0 Å². The predicted molar refractivity (Wildman–Crippen MR) is 67.5 cm³/mol. The maximum absolute atomic E-state index is 12.2. The largest absolute Gasteiger partial charge is 0.459 e. The van der Waals surface area contributed by atoms with Crippen molar-refractivity contribution in [2.24, 2.45) is 0 Å². The van der Waals surface area contributed by atoms with Crippen LogP contribution >= 0.6 is 0 Å². The van der Waals surface area contributed by atoms with E-state index in [9.17, 15) is 9.90 Å². The Labute approximate surface area is 107 Å². The van der Waals surface area contributed by atoms with Crippen LogP contribution in [0.3, 0.4) is 0 Å². The first-order valence-corrected chi connectivity index (χ1v) is 6.31. The monoisotopic (exact) mass is 252 g/mol. The zero-order valence-corrected chi connectivity index (χ0v) is 10.9. The molecule has 1 amide bonds. The van der Waals surface area contributed by atoms with E-state index in [1.807, 2.05) is 11.8 Å². The summed E-state index contributed by atoms with van der Waals surface area (Å²) in [7, 11) is 0. The minimum Gasteiger partial charge on any atom is -0.459 e. The van der Waals surface area contributed by atoms with Gasteiger partial charge >= 0.3 is 0 Å². The van der Waals surface area contributed by atoms with Gasteiger partial charge in [0, 0.05) is 38.3 Å². The molecule has 0 bridgehead atoms. The molecule has 1 aliphatic heterocycles. The van der Waals surface area contributed by atoms with E-state index in [4.69, 9.17) is 4.42 Å². The van der Waals surface area contributed by atoms with Crippen molar-refractivity contribution < 1.29 is 14.3 Å². The van der Waals surface area contributed by atoms with E-state index < -0.39 is 0 Å². The van der Waals surface area contributed by atoms with E-state index >= 15 is 0 Å². The number of aryl methyl sites for hydroxylation is 1. The molecule has 18 heavy (non-hydrogen) atoms. The van der Waals surface area contributed by atoms with Crippen LogP contribution in [0.25, 0.3) is 0 Å². The zero-order chi connectivity index (χ0) is 13.1. The Bertz CT molecular complexity index is 406. The topological polar surface area (TPSA) is 56.9 Å². The van der Waals surface area contributed by atoms with Gasteiger partial charge in [-0.05, 0) is 19.9 Å². The average Bonchev–Trinajstić information content (AvgIpc) is 2.75. The first-order chi connectivity index (χ1) is 8.58. The maximum Gasteiger partial charge on any atom is 0.289 e. The van der Waals surface area contributed by atoms with Crippen molar-refractivity contribution in [1.82, 2.24) is 9.80 Å². The van der Waals surface area contributed by atoms with Crippen LogP contribution in [0.4, 0.5) is 0 Å². The molecule has 1 aromatic heterocycles. The van der Waals surface area contributed by atoms with Gasteiger partial charge in [0.05, 0.1) is 12.4 Å². The summed E-state index contributed by atoms with van der Waals surface area (Å²) in [5.41, 5.74) is 0.881. The molecular weight excluding hydrogens is 232 g/mol. The van der Waals surface area contributed by atoms with Crippen LogP contribution in [-0.4, -0.2) is 59.6 Å². The van der Waals surface area contributed by atoms with Gasteiger partial charge in [-0.15, -0.1) is 0 Å². The number of piperazine rings is 1. The Hall–Kier alpha value is -1.33. The fraction of sp³-hybridized carbons (Fsp3) is 0.615. The molecule has 1 fully saturated rings. The smallest absolute Gasteiger partial charge is 0.289 e. The first kappa shape index (κ1) is 13.1. The van der Waals surface area contributed by atoms with E-state index in [1.165, 1.54) is 0 Å². The van der Waals surface area contributed by atoms with Crippen LogP contribution in [0.15, 0.2) is 16.7 Å². The molecule has 0 aliphatic carbocycles. The highest BCUT2D eigenvalue weighted by atomic mass is 16.3.